The lowest BCUT2D eigenvalue weighted by Gasteiger charge is -2.52. The zero-order valence-electron chi connectivity index (χ0n) is 14.0. The van der Waals surface area contributed by atoms with Crippen LogP contribution in [-0.2, 0) is 4.74 Å². The van der Waals surface area contributed by atoms with Crippen molar-refractivity contribution in [3.05, 3.63) is 0 Å². The van der Waals surface area contributed by atoms with Crippen molar-refractivity contribution in [3.8, 4) is 0 Å². The van der Waals surface area contributed by atoms with E-state index in [1.165, 1.54) is 6.42 Å². The molecule has 122 valence electrons. The number of rotatable bonds is 4. The first-order chi connectivity index (χ1) is 9.87. The maximum absolute atomic E-state index is 11.4. The van der Waals surface area contributed by atoms with Crippen molar-refractivity contribution >= 4 is 0 Å². The van der Waals surface area contributed by atoms with Gasteiger partial charge >= 0.3 is 0 Å². The van der Waals surface area contributed by atoms with E-state index >= 15 is 0 Å². The van der Waals surface area contributed by atoms with Crippen molar-refractivity contribution in [3.63, 3.8) is 0 Å². The number of fused-ring (bicyclic) bond motifs is 2. The van der Waals surface area contributed by atoms with Gasteiger partial charge in [0.1, 0.15) is 0 Å². The summed E-state index contributed by atoms with van der Waals surface area (Å²) < 4.78 is 6.07. The van der Waals surface area contributed by atoms with E-state index in [0.29, 0.717) is 18.1 Å². The maximum atomic E-state index is 11.4. The zero-order chi connectivity index (χ0) is 15.3. The molecule has 1 saturated carbocycles. The van der Waals surface area contributed by atoms with Gasteiger partial charge < -0.3 is 15.6 Å². The molecule has 3 fully saturated rings. The Morgan fingerprint density at radius 2 is 1.86 bits per heavy atom. The van der Waals surface area contributed by atoms with Crippen LogP contribution in [0.15, 0.2) is 0 Å². The predicted octanol–water partition coefficient (Wildman–Crippen LogP) is 3.24. The molecule has 2 aliphatic heterocycles. The summed E-state index contributed by atoms with van der Waals surface area (Å²) >= 11 is 0. The molecule has 0 aromatic rings. The molecule has 0 aromatic carbocycles. The summed E-state index contributed by atoms with van der Waals surface area (Å²) in [5, 5.41) is 11.4. The monoisotopic (exact) mass is 295 g/mol. The number of hydrogen-bond acceptors (Lipinski definition) is 3. The maximum Gasteiger partial charge on any atom is 0.0741 e. The fourth-order valence-electron chi connectivity index (χ4n) is 5.36. The molecule has 3 heteroatoms. The third-order valence-corrected chi connectivity index (χ3v) is 7.44. The molecule has 0 radical (unpaired) electrons. The average molecular weight is 295 g/mol. The lowest BCUT2D eigenvalue weighted by Crippen LogP contribution is -2.59. The topological polar surface area (TPSA) is 55.5 Å². The summed E-state index contributed by atoms with van der Waals surface area (Å²) in [6.45, 7) is 7.61. The summed E-state index contributed by atoms with van der Waals surface area (Å²) in [4.78, 5) is 0. The molecule has 0 aromatic heterocycles. The van der Waals surface area contributed by atoms with Gasteiger partial charge in [-0.2, -0.15) is 0 Å². The Morgan fingerprint density at radius 1 is 1.19 bits per heavy atom. The Kier molecular flexibility index (Phi) is 3.91. The third-order valence-electron chi connectivity index (χ3n) is 7.44. The first kappa shape index (κ1) is 15.8. The van der Waals surface area contributed by atoms with Gasteiger partial charge in [-0.15, -0.1) is 0 Å². The first-order valence-electron chi connectivity index (χ1n) is 8.95. The second kappa shape index (κ2) is 5.21. The standard InChI is InChI=1S/C18H33NO2/c1-4-16(2,3)13-7-9-18(20,10-8-13)17(12-19)11-14-5-6-15(17)21-14/h13-15,20H,4-12,19H2,1-3H3. The van der Waals surface area contributed by atoms with E-state index in [4.69, 9.17) is 10.5 Å². The van der Waals surface area contributed by atoms with Crippen molar-refractivity contribution in [1.82, 2.24) is 0 Å². The highest BCUT2D eigenvalue weighted by atomic mass is 16.5. The molecule has 2 heterocycles. The minimum atomic E-state index is -0.595. The van der Waals surface area contributed by atoms with Crippen LogP contribution < -0.4 is 5.73 Å². The fraction of sp³-hybridized carbons (Fsp3) is 1.00. The summed E-state index contributed by atoms with van der Waals surface area (Å²) in [7, 11) is 0. The molecule has 3 atom stereocenters. The highest BCUT2D eigenvalue weighted by Crippen LogP contribution is 2.58. The van der Waals surface area contributed by atoms with E-state index in [1.54, 1.807) is 0 Å². The minimum Gasteiger partial charge on any atom is -0.389 e. The molecule has 0 spiro atoms. The SMILES string of the molecule is CCC(C)(C)C1CCC(O)(C2(CN)CC3CCC2O3)CC1. The molecule has 0 amide bonds. The number of ether oxygens (including phenoxy) is 1. The van der Waals surface area contributed by atoms with Crippen LogP contribution in [0, 0.1) is 16.7 Å². The van der Waals surface area contributed by atoms with Crippen LogP contribution in [0.2, 0.25) is 0 Å². The normalized spacial score (nSPS) is 47.0. The molecule has 3 N–H and O–H groups in total. The van der Waals surface area contributed by atoms with Gasteiger partial charge in [-0.3, -0.25) is 0 Å². The van der Waals surface area contributed by atoms with E-state index in [-0.39, 0.29) is 11.5 Å². The van der Waals surface area contributed by atoms with Gasteiger partial charge in [0.05, 0.1) is 17.8 Å². The van der Waals surface area contributed by atoms with Gasteiger partial charge in [-0.1, -0.05) is 27.2 Å². The predicted molar refractivity (Wildman–Crippen MR) is 85.0 cm³/mol. The van der Waals surface area contributed by atoms with Crippen LogP contribution in [0.5, 0.6) is 0 Å². The van der Waals surface area contributed by atoms with E-state index in [0.717, 1.165) is 50.9 Å². The number of hydrogen-bond donors (Lipinski definition) is 2. The van der Waals surface area contributed by atoms with Crippen LogP contribution in [0.3, 0.4) is 0 Å². The summed E-state index contributed by atoms with van der Waals surface area (Å²) in [5.74, 6) is 0.733. The largest absolute Gasteiger partial charge is 0.389 e. The Morgan fingerprint density at radius 3 is 2.29 bits per heavy atom. The molecular weight excluding hydrogens is 262 g/mol. The quantitative estimate of drug-likeness (QED) is 0.837. The van der Waals surface area contributed by atoms with Crippen LogP contribution in [-0.4, -0.2) is 29.5 Å². The van der Waals surface area contributed by atoms with E-state index < -0.39 is 5.60 Å². The molecule has 3 rings (SSSR count). The third kappa shape index (κ3) is 2.27. The second-order valence-corrected chi connectivity index (χ2v) is 8.54. The molecule has 1 aliphatic carbocycles. The van der Waals surface area contributed by atoms with E-state index in [1.807, 2.05) is 0 Å². The van der Waals surface area contributed by atoms with Crippen LogP contribution in [0.1, 0.15) is 72.1 Å². The van der Waals surface area contributed by atoms with Crippen LogP contribution >= 0.6 is 0 Å². The minimum absolute atomic E-state index is 0.169. The first-order valence-corrected chi connectivity index (χ1v) is 8.95. The van der Waals surface area contributed by atoms with Gasteiger partial charge in [-0.05, 0) is 56.3 Å². The molecule has 21 heavy (non-hydrogen) atoms. The lowest BCUT2D eigenvalue weighted by atomic mass is 9.55. The summed E-state index contributed by atoms with van der Waals surface area (Å²) in [6.07, 6.45) is 9.09. The van der Waals surface area contributed by atoms with Gasteiger partial charge in [0.2, 0.25) is 0 Å². The Bertz CT molecular complexity index is 387. The van der Waals surface area contributed by atoms with Crippen molar-refractivity contribution in [2.75, 3.05) is 6.54 Å². The molecule has 3 aliphatic rings. The summed E-state index contributed by atoms with van der Waals surface area (Å²) in [6, 6.07) is 0. The Labute approximate surface area is 129 Å². The van der Waals surface area contributed by atoms with Crippen molar-refractivity contribution in [2.45, 2.75) is 89.9 Å². The number of aliphatic hydroxyl groups is 1. The van der Waals surface area contributed by atoms with E-state index in [2.05, 4.69) is 20.8 Å². The Hall–Kier alpha value is -0.120. The van der Waals surface area contributed by atoms with Gasteiger partial charge in [0, 0.05) is 12.0 Å². The average Bonchev–Trinajstić information content (AvgIpc) is 3.09. The highest BCUT2D eigenvalue weighted by Gasteiger charge is 2.62. The van der Waals surface area contributed by atoms with E-state index in [9.17, 15) is 5.11 Å². The Balaban J connectivity index is 1.75. The lowest BCUT2D eigenvalue weighted by molar-refractivity contribution is -0.143. The number of nitrogens with two attached hydrogens (primary N) is 1. The molecule has 3 unspecified atom stereocenters. The zero-order valence-corrected chi connectivity index (χ0v) is 14.0. The van der Waals surface area contributed by atoms with Crippen molar-refractivity contribution in [1.29, 1.82) is 0 Å². The molecule has 2 bridgehead atoms. The highest BCUT2D eigenvalue weighted by molar-refractivity contribution is 5.12. The molecule has 3 nitrogen and oxygen atoms in total. The smallest absolute Gasteiger partial charge is 0.0741 e. The van der Waals surface area contributed by atoms with Crippen LogP contribution in [0.25, 0.3) is 0 Å². The van der Waals surface area contributed by atoms with Gasteiger partial charge in [-0.25, -0.2) is 0 Å². The molecule has 2 saturated heterocycles. The molecular formula is C18H33NO2. The van der Waals surface area contributed by atoms with Gasteiger partial charge in [0.15, 0.2) is 0 Å². The van der Waals surface area contributed by atoms with Crippen molar-refractivity contribution < 1.29 is 9.84 Å². The summed E-state index contributed by atoms with van der Waals surface area (Å²) in [5.41, 5.74) is 5.80. The fourth-order valence-corrected chi connectivity index (χ4v) is 5.36. The van der Waals surface area contributed by atoms with Crippen molar-refractivity contribution in [2.24, 2.45) is 22.5 Å². The van der Waals surface area contributed by atoms with Crippen LogP contribution in [0.4, 0.5) is 0 Å². The van der Waals surface area contributed by atoms with Gasteiger partial charge in [0.25, 0.3) is 0 Å². The second-order valence-electron chi connectivity index (χ2n) is 8.54.